The quantitative estimate of drug-likeness (QED) is 0.233. The highest BCUT2D eigenvalue weighted by atomic mass is 35.5. The summed E-state index contributed by atoms with van der Waals surface area (Å²) in [6.07, 6.45) is 3.60. The first-order valence-corrected chi connectivity index (χ1v) is 14.6. The van der Waals surface area contributed by atoms with Gasteiger partial charge in [-0.2, -0.15) is 0 Å². The predicted molar refractivity (Wildman–Crippen MR) is 155 cm³/mol. The van der Waals surface area contributed by atoms with Gasteiger partial charge in [-0.15, -0.1) is 11.8 Å². The number of hydrogen-bond donors (Lipinski definition) is 1. The van der Waals surface area contributed by atoms with E-state index in [1.807, 2.05) is 30.5 Å². The van der Waals surface area contributed by atoms with Gasteiger partial charge < -0.3 is 14.3 Å². The molecular weight excluding hydrogens is 572 g/mol. The number of fused-ring (bicyclic) bond motifs is 1. The summed E-state index contributed by atoms with van der Waals surface area (Å²) in [5.74, 6) is -0.752. The molecule has 8 nitrogen and oxygen atoms in total. The Labute approximate surface area is 241 Å². The van der Waals surface area contributed by atoms with Gasteiger partial charge in [0.1, 0.15) is 11.5 Å². The summed E-state index contributed by atoms with van der Waals surface area (Å²) in [4.78, 5) is 44.2. The van der Waals surface area contributed by atoms with E-state index in [1.165, 1.54) is 28.0 Å². The Morgan fingerprint density at radius 2 is 1.95 bits per heavy atom. The maximum Gasteiger partial charge on any atom is 0.338 e. The first kappa shape index (κ1) is 27.7. The lowest BCUT2D eigenvalue weighted by molar-refractivity contribution is -0.139. The van der Waals surface area contributed by atoms with Gasteiger partial charge in [0.15, 0.2) is 4.80 Å². The summed E-state index contributed by atoms with van der Waals surface area (Å²) in [6, 6.07) is 15.0. The van der Waals surface area contributed by atoms with Gasteiger partial charge in [-0.05, 0) is 62.1 Å². The van der Waals surface area contributed by atoms with Gasteiger partial charge in [-0.1, -0.05) is 41.1 Å². The number of benzene rings is 2. The van der Waals surface area contributed by atoms with Crippen molar-refractivity contribution >= 4 is 52.7 Å². The molecule has 4 aromatic rings. The third-order valence-corrected chi connectivity index (χ3v) is 8.37. The van der Waals surface area contributed by atoms with Gasteiger partial charge >= 0.3 is 11.9 Å². The molecule has 1 aliphatic heterocycles. The molecule has 3 heterocycles. The molecule has 2 aromatic heterocycles. The van der Waals surface area contributed by atoms with Crippen LogP contribution < -0.4 is 14.9 Å². The molecule has 0 spiro atoms. The number of halogens is 1. The number of carbonyl (C=O) groups excluding carboxylic acids is 1. The first-order valence-electron chi connectivity index (χ1n) is 12.2. The van der Waals surface area contributed by atoms with Gasteiger partial charge in [-0.3, -0.25) is 9.36 Å². The number of thiazole rings is 1. The van der Waals surface area contributed by atoms with Gasteiger partial charge in [-0.25, -0.2) is 14.6 Å². The van der Waals surface area contributed by atoms with Crippen LogP contribution in [-0.2, 0) is 9.53 Å². The lowest BCUT2D eigenvalue weighted by Gasteiger charge is -2.24. The number of nitrogens with zero attached hydrogens (tertiary/aromatic N) is 2. The Balaban J connectivity index is 1.59. The van der Waals surface area contributed by atoms with E-state index in [2.05, 4.69) is 4.99 Å². The van der Waals surface area contributed by atoms with Crippen molar-refractivity contribution in [1.29, 1.82) is 0 Å². The summed E-state index contributed by atoms with van der Waals surface area (Å²) < 4.78 is 13.2. The van der Waals surface area contributed by atoms with Crippen molar-refractivity contribution < 1.29 is 23.8 Å². The van der Waals surface area contributed by atoms with E-state index in [0.717, 1.165) is 10.5 Å². The van der Waals surface area contributed by atoms with Crippen LogP contribution in [0.25, 0.3) is 17.4 Å². The van der Waals surface area contributed by atoms with Crippen molar-refractivity contribution in [2.45, 2.75) is 24.8 Å². The molecule has 5 rings (SSSR count). The van der Waals surface area contributed by atoms with E-state index >= 15 is 0 Å². The number of furan rings is 1. The summed E-state index contributed by atoms with van der Waals surface area (Å²) >= 11 is 8.91. The molecule has 1 atom stereocenters. The minimum Gasteiger partial charge on any atom is -0.478 e. The van der Waals surface area contributed by atoms with Crippen molar-refractivity contribution in [3.63, 3.8) is 0 Å². The highest BCUT2D eigenvalue weighted by Gasteiger charge is 2.33. The average molecular weight is 595 g/mol. The zero-order valence-electron chi connectivity index (χ0n) is 21.6. The topological polar surface area (TPSA) is 111 Å². The second kappa shape index (κ2) is 11.3. The second-order valence-electron chi connectivity index (χ2n) is 8.78. The van der Waals surface area contributed by atoms with Crippen LogP contribution >= 0.6 is 34.7 Å². The van der Waals surface area contributed by atoms with Crippen LogP contribution in [0.4, 0.5) is 0 Å². The van der Waals surface area contributed by atoms with Crippen LogP contribution in [0, 0.1) is 0 Å². The van der Waals surface area contributed by atoms with E-state index in [4.69, 9.17) is 20.8 Å². The Morgan fingerprint density at radius 3 is 2.60 bits per heavy atom. The van der Waals surface area contributed by atoms with Crippen LogP contribution in [0.2, 0.25) is 5.02 Å². The standard InChI is InChI=1S/C29H23ClN2O6S2/c1-4-37-28(36)24-15(2)31-29-32(25(24)16-5-9-19(39-3)10-6-16)26(33)23(40-29)14-18-8-12-22(38-18)17-7-11-20(27(34)35)21(30)13-17/h5-14,25H,4H2,1-3H3,(H,34,35)/b23-14-/t25-/m1/s1. The van der Waals surface area contributed by atoms with Gasteiger partial charge in [0.05, 0.1) is 39.0 Å². The SMILES string of the molecule is CCOC(=O)C1=C(C)N=c2s/c(=C\c3ccc(-c4ccc(C(=O)O)c(Cl)c4)o3)c(=O)n2[C@@H]1c1ccc(SC)cc1. The summed E-state index contributed by atoms with van der Waals surface area (Å²) in [5.41, 5.74) is 1.85. The molecular formula is C29H23ClN2O6S2. The number of esters is 1. The molecule has 204 valence electrons. The summed E-state index contributed by atoms with van der Waals surface area (Å²) in [6.45, 7) is 3.67. The number of hydrogen-bond acceptors (Lipinski definition) is 8. The van der Waals surface area contributed by atoms with Gasteiger partial charge in [0.25, 0.3) is 5.56 Å². The number of ether oxygens (including phenoxy) is 1. The molecule has 2 aromatic carbocycles. The van der Waals surface area contributed by atoms with Crippen LogP contribution in [0.15, 0.2) is 85.0 Å². The number of rotatable bonds is 7. The molecule has 1 aliphatic rings. The smallest absolute Gasteiger partial charge is 0.338 e. The Morgan fingerprint density at radius 1 is 1.20 bits per heavy atom. The fourth-order valence-corrected chi connectivity index (χ4v) is 6.15. The fourth-order valence-electron chi connectivity index (χ4n) is 4.45. The molecule has 0 aliphatic carbocycles. The number of carboxylic acids is 1. The van der Waals surface area contributed by atoms with Crippen LogP contribution in [0.5, 0.6) is 0 Å². The average Bonchev–Trinajstić information content (AvgIpc) is 3.52. The molecule has 0 fully saturated rings. The third-order valence-electron chi connectivity index (χ3n) is 6.33. The van der Waals surface area contributed by atoms with Crippen LogP contribution in [-0.4, -0.2) is 34.5 Å². The van der Waals surface area contributed by atoms with E-state index in [9.17, 15) is 19.5 Å². The Bertz CT molecular complexity index is 1850. The molecule has 1 N–H and O–H groups in total. The highest BCUT2D eigenvalue weighted by Crippen LogP contribution is 2.32. The molecule has 0 unspecified atom stereocenters. The van der Waals surface area contributed by atoms with Crippen molar-refractivity contribution in [2.24, 2.45) is 4.99 Å². The van der Waals surface area contributed by atoms with E-state index in [1.54, 1.807) is 49.9 Å². The molecule has 11 heteroatoms. The molecule has 0 saturated heterocycles. The van der Waals surface area contributed by atoms with Crippen molar-refractivity contribution in [1.82, 2.24) is 4.57 Å². The predicted octanol–water partition coefficient (Wildman–Crippen LogP) is 5.13. The Hall–Kier alpha value is -3.86. The largest absolute Gasteiger partial charge is 0.478 e. The normalized spacial score (nSPS) is 15.1. The number of aromatic nitrogens is 1. The third kappa shape index (κ3) is 5.17. The lowest BCUT2D eigenvalue weighted by Crippen LogP contribution is -2.39. The minimum atomic E-state index is -1.12. The van der Waals surface area contributed by atoms with Gasteiger partial charge in [0.2, 0.25) is 0 Å². The van der Waals surface area contributed by atoms with E-state index in [-0.39, 0.29) is 22.8 Å². The highest BCUT2D eigenvalue weighted by molar-refractivity contribution is 7.98. The van der Waals surface area contributed by atoms with E-state index < -0.39 is 18.0 Å². The molecule has 0 radical (unpaired) electrons. The van der Waals surface area contributed by atoms with E-state index in [0.29, 0.717) is 37.7 Å². The Kier molecular flexibility index (Phi) is 7.84. The number of carbonyl (C=O) groups is 2. The molecule has 0 bridgehead atoms. The zero-order chi connectivity index (χ0) is 28.6. The summed E-state index contributed by atoms with van der Waals surface area (Å²) in [5, 5.41) is 9.31. The fraction of sp³-hybridized carbons (Fsp3) is 0.172. The monoisotopic (exact) mass is 594 g/mol. The van der Waals surface area contributed by atoms with Crippen molar-refractivity contribution in [3.05, 3.63) is 107 Å². The van der Waals surface area contributed by atoms with Crippen molar-refractivity contribution in [3.8, 4) is 11.3 Å². The first-order chi connectivity index (χ1) is 19.2. The lowest BCUT2D eigenvalue weighted by atomic mass is 9.96. The maximum absolute atomic E-state index is 13.8. The van der Waals surface area contributed by atoms with Crippen LogP contribution in [0.3, 0.4) is 0 Å². The number of thioether (sulfide) groups is 1. The van der Waals surface area contributed by atoms with Crippen LogP contribution in [0.1, 0.15) is 41.6 Å². The number of allylic oxidation sites excluding steroid dienone is 1. The number of aromatic carboxylic acids is 1. The van der Waals surface area contributed by atoms with Gasteiger partial charge in [0, 0.05) is 16.5 Å². The number of carboxylic acid groups (broad SMARTS) is 1. The van der Waals surface area contributed by atoms with Crippen molar-refractivity contribution in [2.75, 3.05) is 12.9 Å². The summed E-state index contributed by atoms with van der Waals surface area (Å²) in [7, 11) is 0. The molecule has 0 saturated carbocycles. The molecule has 40 heavy (non-hydrogen) atoms. The maximum atomic E-state index is 13.8. The molecule has 0 amide bonds. The zero-order valence-corrected chi connectivity index (χ0v) is 24.0. The minimum absolute atomic E-state index is 0.00608. The second-order valence-corrected chi connectivity index (χ2v) is 11.1.